The van der Waals surface area contributed by atoms with E-state index in [0.717, 1.165) is 0 Å². The number of carbonyl (C=O) groups is 2. The average molecular weight is 362 g/mol. The minimum absolute atomic E-state index is 0.238. The monoisotopic (exact) mass is 362 g/mol. The molecule has 1 aliphatic carbocycles. The number of hydrogen-bond acceptors (Lipinski definition) is 2. The van der Waals surface area contributed by atoms with Crippen molar-refractivity contribution in [2.24, 2.45) is 0 Å². The van der Waals surface area contributed by atoms with Crippen LogP contribution in [-0.4, -0.2) is 21.5 Å². The number of H-pyrrole nitrogens is 2. The van der Waals surface area contributed by atoms with Crippen molar-refractivity contribution in [2.75, 3.05) is 0 Å². The number of nitrogens with one attached hydrogen (secondary N) is 2. The second kappa shape index (κ2) is 5.48. The minimum Gasteiger partial charge on any atom is -0.361 e. The molecular formula is C21H12F2N2O2. The van der Waals surface area contributed by atoms with Crippen molar-refractivity contribution in [3.05, 3.63) is 71.6 Å². The maximum absolute atomic E-state index is 13.7. The molecule has 0 radical (unpaired) electrons. The molecule has 0 saturated heterocycles. The smallest absolute Gasteiger partial charge is 0.172 e. The molecule has 2 aromatic heterocycles. The summed E-state index contributed by atoms with van der Waals surface area (Å²) < 4.78 is 27.5. The van der Waals surface area contributed by atoms with Gasteiger partial charge in [-0.15, -0.1) is 0 Å². The molecule has 132 valence electrons. The molecule has 0 aliphatic heterocycles. The molecule has 2 heterocycles. The molecule has 5 rings (SSSR count). The molecule has 4 aromatic rings. The summed E-state index contributed by atoms with van der Waals surface area (Å²) in [6.07, 6.45) is 2.95. The average Bonchev–Trinajstić information content (AvgIpc) is 3.29. The highest BCUT2D eigenvalue weighted by Gasteiger charge is 2.34. The van der Waals surface area contributed by atoms with Crippen LogP contribution in [0, 0.1) is 11.6 Å². The Bertz CT molecular complexity index is 1210. The number of benzene rings is 2. The zero-order chi connectivity index (χ0) is 18.7. The Morgan fingerprint density at radius 3 is 1.59 bits per heavy atom. The summed E-state index contributed by atoms with van der Waals surface area (Å²) in [6.45, 7) is 0. The van der Waals surface area contributed by atoms with E-state index in [9.17, 15) is 18.4 Å². The molecule has 6 heteroatoms. The van der Waals surface area contributed by atoms with Crippen molar-refractivity contribution in [1.29, 1.82) is 0 Å². The van der Waals surface area contributed by atoms with E-state index < -0.39 is 11.6 Å². The fourth-order valence-electron chi connectivity index (χ4n) is 3.77. The Morgan fingerprint density at radius 2 is 1.15 bits per heavy atom. The molecule has 2 N–H and O–H groups in total. The zero-order valence-electron chi connectivity index (χ0n) is 13.9. The van der Waals surface area contributed by atoms with Gasteiger partial charge < -0.3 is 9.97 Å². The number of halogens is 2. The van der Waals surface area contributed by atoms with Gasteiger partial charge in [0.05, 0.1) is 6.42 Å². The van der Waals surface area contributed by atoms with E-state index in [1.54, 1.807) is 24.5 Å². The Morgan fingerprint density at radius 1 is 0.704 bits per heavy atom. The van der Waals surface area contributed by atoms with Crippen LogP contribution in [-0.2, 0) is 9.59 Å². The SMILES string of the molecule is O=C1CC(=O)C(c2c[nH]c3ccc(F)cc23)=C1c1c[nH]c2ccc(F)cc12. The van der Waals surface area contributed by atoms with Gasteiger partial charge in [-0.25, -0.2) is 8.78 Å². The Balaban J connectivity index is 1.84. The van der Waals surface area contributed by atoms with Crippen LogP contribution in [0.3, 0.4) is 0 Å². The largest absolute Gasteiger partial charge is 0.361 e. The van der Waals surface area contributed by atoms with Gasteiger partial charge in [0.1, 0.15) is 11.6 Å². The molecule has 27 heavy (non-hydrogen) atoms. The van der Waals surface area contributed by atoms with Crippen LogP contribution in [0.4, 0.5) is 8.78 Å². The van der Waals surface area contributed by atoms with E-state index in [2.05, 4.69) is 9.97 Å². The van der Waals surface area contributed by atoms with Crippen molar-refractivity contribution in [2.45, 2.75) is 6.42 Å². The van der Waals surface area contributed by atoms with Gasteiger partial charge >= 0.3 is 0 Å². The Hall–Kier alpha value is -3.54. The summed E-state index contributed by atoms with van der Waals surface area (Å²) >= 11 is 0. The quantitative estimate of drug-likeness (QED) is 0.520. The van der Waals surface area contributed by atoms with E-state index in [-0.39, 0.29) is 29.1 Å². The third-order valence-electron chi connectivity index (χ3n) is 4.96. The predicted octanol–water partition coefficient (Wildman–Crippen LogP) is 4.38. The first kappa shape index (κ1) is 15.7. The lowest BCUT2D eigenvalue weighted by molar-refractivity contribution is -0.119. The molecule has 1 aliphatic rings. The first-order valence-corrected chi connectivity index (χ1v) is 8.37. The van der Waals surface area contributed by atoms with Gasteiger partial charge in [-0.05, 0) is 36.4 Å². The number of carbonyl (C=O) groups excluding carboxylic acids is 2. The molecule has 0 amide bonds. The highest BCUT2D eigenvalue weighted by atomic mass is 19.1. The lowest BCUT2D eigenvalue weighted by Gasteiger charge is -2.05. The zero-order valence-corrected chi connectivity index (χ0v) is 13.9. The molecule has 0 saturated carbocycles. The molecule has 0 fully saturated rings. The number of fused-ring (bicyclic) bond motifs is 2. The van der Waals surface area contributed by atoms with Gasteiger partial charge in [0, 0.05) is 56.5 Å². The summed E-state index contributed by atoms with van der Waals surface area (Å²) in [7, 11) is 0. The first-order chi connectivity index (χ1) is 13.0. The maximum Gasteiger partial charge on any atom is 0.172 e. The van der Waals surface area contributed by atoms with Crippen molar-refractivity contribution in [3.8, 4) is 0 Å². The van der Waals surface area contributed by atoms with E-state index in [4.69, 9.17) is 0 Å². The predicted molar refractivity (Wildman–Crippen MR) is 98.0 cm³/mol. The fourth-order valence-corrected chi connectivity index (χ4v) is 3.77. The molecule has 0 bridgehead atoms. The van der Waals surface area contributed by atoms with Crippen LogP contribution in [0.2, 0.25) is 0 Å². The molecule has 0 spiro atoms. The molecule has 0 unspecified atom stereocenters. The fraction of sp³-hybridized carbons (Fsp3) is 0.0476. The van der Waals surface area contributed by atoms with Crippen LogP contribution >= 0.6 is 0 Å². The summed E-state index contributed by atoms with van der Waals surface area (Å²) in [5, 5.41) is 1.05. The van der Waals surface area contributed by atoms with Crippen LogP contribution in [0.25, 0.3) is 33.0 Å². The second-order valence-electron chi connectivity index (χ2n) is 6.56. The highest BCUT2D eigenvalue weighted by molar-refractivity contribution is 6.52. The van der Waals surface area contributed by atoms with Gasteiger partial charge in [0.15, 0.2) is 11.6 Å². The van der Waals surface area contributed by atoms with Crippen LogP contribution in [0.1, 0.15) is 17.5 Å². The van der Waals surface area contributed by atoms with E-state index in [1.165, 1.54) is 24.3 Å². The van der Waals surface area contributed by atoms with Crippen molar-refractivity contribution >= 4 is 44.5 Å². The summed E-state index contributed by atoms with van der Waals surface area (Å²) in [5.74, 6) is -1.52. The van der Waals surface area contributed by atoms with Crippen LogP contribution in [0.15, 0.2) is 48.8 Å². The molecular weight excluding hydrogens is 350 g/mol. The van der Waals surface area contributed by atoms with E-state index in [0.29, 0.717) is 32.9 Å². The number of allylic oxidation sites excluding steroid dienone is 2. The number of Topliss-reactive ketones (excluding diaryl/α,β-unsaturated/α-hetero) is 2. The van der Waals surface area contributed by atoms with E-state index in [1.807, 2.05) is 0 Å². The van der Waals surface area contributed by atoms with Crippen molar-refractivity contribution in [3.63, 3.8) is 0 Å². The van der Waals surface area contributed by atoms with Gasteiger partial charge in [-0.3, -0.25) is 9.59 Å². The van der Waals surface area contributed by atoms with Crippen LogP contribution < -0.4 is 0 Å². The van der Waals surface area contributed by atoms with Crippen molar-refractivity contribution < 1.29 is 18.4 Å². The third kappa shape index (κ3) is 2.26. The first-order valence-electron chi connectivity index (χ1n) is 8.37. The van der Waals surface area contributed by atoms with Crippen molar-refractivity contribution in [1.82, 2.24) is 9.97 Å². The topological polar surface area (TPSA) is 65.7 Å². The Labute approximate surface area is 151 Å². The van der Waals surface area contributed by atoms with Gasteiger partial charge in [0.25, 0.3) is 0 Å². The third-order valence-corrected chi connectivity index (χ3v) is 4.96. The van der Waals surface area contributed by atoms with Crippen LogP contribution in [0.5, 0.6) is 0 Å². The number of rotatable bonds is 2. The van der Waals surface area contributed by atoms with E-state index >= 15 is 0 Å². The standard InChI is InChI=1S/C21H12F2N2O2/c22-10-1-3-16-12(5-10)14(8-24-16)20-18(26)7-19(27)21(20)15-9-25-17-4-2-11(23)6-13(15)17/h1-6,8-9,24-25H,7H2. The lowest BCUT2D eigenvalue weighted by atomic mass is 9.95. The normalized spacial score (nSPS) is 14.9. The highest BCUT2D eigenvalue weighted by Crippen LogP contribution is 2.40. The number of aromatic amines is 2. The van der Waals surface area contributed by atoms with Gasteiger partial charge in [0.2, 0.25) is 0 Å². The Kier molecular flexibility index (Phi) is 3.18. The summed E-state index contributed by atoms with van der Waals surface area (Å²) in [4.78, 5) is 31.3. The molecule has 4 nitrogen and oxygen atoms in total. The summed E-state index contributed by atoms with van der Waals surface area (Å²) in [6, 6.07) is 8.46. The second-order valence-corrected chi connectivity index (χ2v) is 6.56. The number of aromatic nitrogens is 2. The minimum atomic E-state index is -0.434. The molecule has 2 aromatic carbocycles. The van der Waals surface area contributed by atoms with Gasteiger partial charge in [-0.1, -0.05) is 0 Å². The maximum atomic E-state index is 13.7. The number of hydrogen-bond donors (Lipinski definition) is 2. The lowest BCUT2D eigenvalue weighted by Crippen LogP contribution is -1.96. The summed E-state index contributed by atoms with van der Waals surface area (Å²) in [5.41, 5.74) is 2.75. The van der Waals surface area contributed by atoms with Gasteiger partial charge in [-0.2, -0.15) is 0 Å². The molecule has 0 atom stereocenters. The number of ketones is 2.